The number of esters is 1. The first kappa shape index (κ1) is 15.8. The van der Waals surface area contributed by atoms with E-state index in [2.05, 4.69) is 4.74 Å². The standard InChI is InChI=1S/C10H17NO5S/c1-7(2)11(4-10(15)16-3)8(12)5-17-6-9(13)14/h7H,4-6H2,1-3H3,(H,13,14). The highest BCUT2D eigenvalue weighted by atomic mass is 32.2. The van der Waals surface area contributed by atoms with Crippen LogP contribution in [0.15, 0.2) is 0 Å². The largest absolute Gasteiger partial charge is 0.481 e. The second-order valence-electron chi connectivity index (χ2n) is 3.58. The minimum absolute atomic E-state index is 0.0431. The number of nitrogens with zero attached hydrogens (tertiary/aromatic N) is 1. The Morgan fingerprint density at radius 1 is 1.29 bits per heavy atom. The third-order valence-corrected chi connectivity index (χ3v) is 2.82. The van der Waals surface area contributed by atoms with Gasteiger partial charge in [0.15, 0.2) is 0 Å². The molecule has 0 aromatic rings. The lowest BCUT2D eigenvalue weighted by atomic mass is 10.3. The van der Waals surface area contributed by atoms with Crippen molar-refractivity contribution in [1.82, 2.24) is 4.90 Å². The first-order valence-corrected chi connectivity index (χ1v) is 6.19. The molecule has 0 bridgehead atoms. The number of ether oxygens (including phenoxy) is 1. The fourth-order valence-corrected chi connectivity index (χ4v) is 1.69. The molecule has 0 aromatic carbocycles. The number of amides is 1. The van der Waals surface area contributed by atoms with Gasteiger partial charge in [-0.15, -0.1) is 11.8 Å². The second kappa shape index (κ2) is 7.94. The van der Waals surface area contributed by atoms with Crippen molar-refractivity contribution < 1.29 is 24.2 Å². The van der Waals surface area contributed by atoms with Crippen LogP contribution in [-0.4, -0.2) is 59.1 Å². The Hall–Kier alpha value is -1.24. The Balaban J connectivity index is 4.25. The van der Waals surface area contributed by atoms with Crippen LogP contribution in [0.25, 0.3) is 0 Å². The molecular formula is C10H17NO5S. The molecule has 0 aliphatic rings. The third kappa shape index (κ3) is 6.83. The van der Waals surface area contributed by atoms with Crippen LogP contribution in [0.4, 0.5) is 0 Å². The van der Waals surface area contributed by atoms with Gasteiger partial charge in [0.25, 0.3) is 0 Å². The summed E-state index contributed by atoms with van der Waals surface area (Å²) in [7, 11) is 1.25. The molecule has 0 radical (unpaired) electrons. The summed E-state index contributed by atoms with van der Waals surface area (Å²) in [6, 6.07) is -0.132. The van der Waals surface area contributed by atoms with Crippen LogP contribution in [0, 0.1) is 0 Å². The topological polar surface area (TPSA) is 83.9 Å². The Bertz CT molecular complexity index is 292. The summed E-state index contributed by atoms with van der Waals surface area (Å²) in [5.74, 6) is -1.81. The molecule has 0 spiro atoms. The lowest BCUT2D eigenvalue weighted by molar-refractivity contribution is -0.147. The molecule has 17 heavy (non-hydrogen) atoms. The van der Waals surface area contributed by atoms with Crippen molar-refractivity contribution in [2.45, 2.75) is 19.9 Å². The van der Waals surface area contributed by atoms with Crippen LogP contribution in [-0.2, 0) is 19.1 Å². The molecule has 0 saturated heterocycles. The van der Waals surface area contributed by atoms with Gasteiger partial charge in [-0.25, -0.2) is 0 Å². The van der Waals surface area contributed by atoms with E-state index in [4.69, 9.17) is 5.11 Å². The van der Waals surface area contributed by atoms with Gasteiger partial charge in [0.2, 0.25) is 5.91 Å². The number of hydrogen-bond donors (Lipinski definition) is 1. The summed E-state index contributed by atoms with van der Waals surface area (Å²) in [6.45, 7) is 3.45. The fraction of sp³-hybridized carbons (Fsp3) is 0.700. The van der Waals surface area contributed by atoms with Gasteiger partial charge in [0.1, 0.15) is 6.54 Å². The van der Waals surface area contributed by atoms with Crippen molar-refractivity contribution in [2.75, 3.05) is 25.2 Å². The molecule has 0 aliphatic carbocycles. The van der Waals surface area contributed by atoms with E-state index >= 15 is 0 Å². The van der Waals surface area contributed by atoms with Crippen molar-refractivity contribution in [3.8, 4) is 0 Å². The van der Waals surface area contributed by atoms with Crippen LogP contribution in [0.1, 0.15) is 13.8 Å². The molecule has 0 heterocycles. The van der Waals surface area contributed by atoms with Crippen LogP contribution in [0.2, 0.25) is 0 Å². The van der Waals surface area contributed by atoms with Gasteiger partial charge < -0.3 is 14.7 Å². The van der Waals surface area contributed by atoms with E-state index in [-0.39, 0.29) is 30.0 Å². The van der Waals surface area contributed by atoms with Crippen molar-refractivity contribution in [3.63, 3.8) is 0 Å². The van der Waals surface area contributed by atoms with Crippen molar-refractivity contribution in [2.24, 2.45) is 0 Å². The van der Waals surface area contributed by atoms with Crippen LogP contribution in [0.3, 0.4) is 0 Å². The highest BCUT2D eigenvalue weighted by molar-refractivity contribution is 8.00. The first-order chi connectivity index (χ1) is 7.88. The molecule has 0 saturated carbocycles. The van der Waals surface area contributed by atoms with Gasteiger partial charge >= 0.3 is 11.9 Å². The molecule has 0 rings (SSSR count). The second-order valence-corrected chi connectivity index (χ2v) is 4.56. The summed E-state index contributed by atoms with van der Waals surface area (Å²) >= 11 is 1.01. The van der Waals surface area contributed by atoms with E-state index in [9.17, 15) is 14.4 Å². The highest BCUT2D eigenvalue weighted by Crippen LogP contribution is 2.06. The number of thioether (sulfide) groups is 1. The first-order valence-electron chi connectivity index (χ1n) is 5.04. The Morgan fingerprint density at radius 3 is 2.29 bits per heavy atom. The number of carbonyl (C=O) groups excluding carboxylic acids is 2. The quantitative estimate of drug-likeness (QED) is 0.661. The zero-order valence-electron chi connectivity index (χ0n) is 10.1. The van der Waals surface area contributed by atoms with Crippen molar-refractivity contribution in [1.29, 1.82) is 0 Å². The average molecular weight is 263 g/mol. The number of methoxy groups -OCH3 is 1. The van der Waals surface area contributed by atoms with Gasteiger partial charge in [0, 0.05) is 6.04 Å². The number of aliphatic carboxylic acids is 1. The zero-order chi connectivity index (χ0) is 13.4. The van der Waals surface area contributed by atoms with E-state index in [0.29, 0.717) is 0 Å². The maximum absolute atomic E-state index is 11.7. The number of carboxylic acid groups (broad SMARTS) is 1. The number of carbonyl (C=O) groups is 3. The Kier molecular flexibility index (Phi) is 7.36. The van der Waals surface area contributed by atoms with Gasteiger partial charge in [-0.1, -0.05) is 0 Å². The predicted octanol–water partition coefficient (Wildman–Crippen LogP) is 0.214. The summed E-state index contributed by atoms with van der Waals surface area (Å²) < 4.78 is 4.49. The third-order valence-electron chi connectivity index (χ3n) is 1.92. The van der Waals surface area contributed by atoms with E-state index in [1.807, 2.05) is 0 Å². The predicted molar refractivity (Wildman–Crippen MR) is 63.8 cm³/mol. The monoisotopic (exact) mass is 263 g/mol. The molecule has 0 fully saturated rings. The molecule has 1 N–H and O–H groups in total. The molecule has 0 aromatic heterocycles. The smallest absolute Gasteiger partial charge is 0.325 e. The van der Waals surface area contributed by atoms with Crippen molar-refractivity contribution in [3.05, 3.63) is 0 Å². The number of hydrogen-bond acceptors (Lipinski definition) is 5. The maximum atomic E-state index is 11.7. The minimum atomic E-state index is -0.966. The van der Waals surface area contributed by atoms with Gasteiger partial charge in [0.05, 0.1) is 18.6 Å². The lowest BCUT2D eigenvalue weighted by Crippen LogP contribution is -2.42. The Labute approximate surface area is 104 Å². The van der Waals surface area contributed by atoms with Crippen LogP contribution >= 0.6 is 11.8 Å². The van der Waals surface area contributed by atoms with Crippen LogP contribution in [0.5, 0.6) is 0 Å². The molecular weight excluding hydrogens is 246 g/mol. The van der Waals surface area contributed by atoms with Gasteiger partial charge in [-0.2, -0.15) is 0 Å². The van der Waals surface area contributed by atoms with Crippen LogP contribution < -0.4 is 0 Å². The average Bonchev–Trinajstić information content (AvgIpc) is 2.24. The molecule has 0 aliphatic heterocycles. The summed E-state index contributed by atoms with van der Waals surface area (Å²) in [5.41, 5.74) is 0. The van der Waals surface area contributed by atoms with Crippen molar-refractivity contribution >= 4 is 29.6 Å². The van der Waals surface area contributed by atoms with Gasteiger partial charge in [-0.3, -0.25) is 14.4 Å². The molecule has 0 atom stereocenters. The molecule has 7 heteroatoms. The summed E-state index contributed by atoms with van der Waals surface area (Å²) in [5, 5.41) is 8.44. The van der Waals surface area contributed by atoms with E-state index in [1.165, 1.54) is 12.0 Å². The minimum Gasteiger partial charge on any atom is -0.481 e. The van der Waals surface area contributed by atoms with E-state index < -0.39 is 11.9 Å². The van der Waals surface area contributed by atoms with E-state index in [1.54, 1.807) is 13.8 Å². The van der Waals surface area contributed by atoms with E-state index in [0.717, 1.165) is 11.8 Å². The molecule has 0 unspecified atom stereocenters. The normalized spacial score (nSPS) is 10.1. The number of rotatable bonds is 7. The SMILES string of the molecule is COC(=O)CN(C(=O)CSCC(=O)O)C(C)C. The van der Waals surface area contributed by atoms with Gasteiger partial charge in [-0.05, 0) is 13.8 Å². The summed E-state index contributed by atoms with van der Waals surface area (Å²) in [4.78, 5) is 34.5. The zero-order valence-corrected chi connectivity index (χ0v) is 11.0. The highest BCUT2D eigenvalue weighted by Gasteiger charge is 2.20. The maximum Gasteiger partial charge on any atom is 0.325 e. The summed E-state index contributed by atoms with van der Waals surface area (Å²) in [6.07, 6.45) is 0. The number of carboxylic acids is 1. The molecule has 1 amide bonds. The molecule has 98 valence electrons. The lowest BCUT2D eigenvalue weighted by Gasteiger charge is -2.25. The Morgan fingerprint density at radius 2 is 1.88 bits per heavy atom. The molecule has 6 nitrogen and oxygen atoms in total. The fourth-order valence-electron chi connectivity index (χ4n) is 1.07.